The third kappa shape index (κ3) is 1.10. The van der Waals surface area contributed by atoms with E-state index in [2.05, 4.69) is 5.10 Å². The number of aromatic nitrogens is 2. The van der Waals surface area contributed by atoms with Crippen LogP contribution in [0.3, 0.4) is 0 Å². The van der Waals surface area contributed by atoms with E-state index in [1.54, 1.807) is 23.9 Å². The fourth-order valence-corrected chi connectivity index (χ4v) is 1.36. The Morgan fingerprint density at radius 2 is 2.31 bits per heavy atom. The maximum Gasteiger partial charge on any atom is 0.139 e. The topological polar surface area (TPSA) is 38.0 Å². The highest BCUT2D eigenvalue weighted by Gasteiger charge is 2.08. The quantitative estimate of drug-likeness (QED) is 0.716. The number of nitrogens with zero attached hydrogens (tertiary/aromatic N) is 2. The van der Waals surface area contributed by atoms with Crippen molar-refractivity contribution in [3.05, 3.63) is 29.7 Å². The molecule has 0 radical (unpaired) electrons. The molecule has 1 aromatic carbocycles. The second-order valence-electron chi connectivity index (χ2n) is 2.90. The molecular formula is C9H9FN2O. The summed E-state index contributed by atoms with van der Waals surface area (Å²) in [5, 5.41) is 13.2. The Balaban J connectivity index is 2.80. The van der Waals surface area contributed by atoms with Crippen LogP contribution >= 0.6 is 0 Å². The monoisotopic (exact) mass is 180 g/mol. The normalized spacial score (nSPS) is 11.0. The average Bonchev–Trinajstić information content (AvgIpc) is 2.50. The molecule has 0 aliphatic rings. The van der Waals surface area contributed by atoms with Gasteiger partial charge in [-0.05, 0) is 6.07 Å². The first kappa shape index (κ1) is 8.19. The lowest BCUT2D eigenvalue weighted by Gasteiger charge is -2.00. The van der Waals surface area contributed by atoms with Crippen LogP contribution in [0.4, 0.5) is 4.39 Å². The summed E-state index contributed by atoms with van der Waals surface area (Å²) in [6.07, 6.45) is 1.46. The average molecular weight is 180 g/mol. The van der Waals surface area contributed by atoms with Crippen molar-refractivity contribution in [2.24, 2.45) is 7.05 Å². The zero-order valence-electron chi connectivity index (χ0n) is 7.16. The smallest absolute Gasteiger partial charge is 0.139 e. The molecule has 1 heterocycles. The zero-order valence-corrected chi connectivity index (χ0v) is 7.16. The van der Waals surface area contributed by atoms with Crippen LogP contribution in [0.15, 0.2) is 18.3 Å². The number of hydrogen-bond donors (Lipinski definition) is 1. The molecule has 2 aromatic rings. The van der Waals surface area contributed by atoms with Gasteiger partial charge < -0.3 is 5.11 Å². The number of rotatable bonds is 1. The summed E-state index contributed by atoms with van der Waals surface area (Å²) in [5.41, 5.74) is 1.04. The number of halogens is 1. The van der Waals surface area contributed by atoms with Crippen LogP contribution in [-0.4, -0.2) is 14.9 Å². The van der Waals surface area contributed by atoms with Crippen molar-refractivity contribution in [3.8, 4) is 0 Å². The van der Waals surface area contributed by atoms with Crippen molar-refractivity contribution >= 4 is 10.9 Å². The molecule has 0 aliphatic heterocycles. The van der Waals surface area contributed by atoms with Gasteiger partial charge in [-0.15, -0.1) is 0 Å². The van der Waals surface area contributed by atoms with Gasteiger partial charge in [-0.2, -0.15) is 5.10 Å². The van der Waals surface area contributed by atoms with Gasteiger partial charge in [-0.1, -0.05) is 6.07 Å². The Hall–Kier alpha value is -1.42. The van der Waals surface area contributed by atoms with E-state index in [0.717, 1.165) is 5.52 Å². The molecular weight excluding hydrogens is 171 g/mol. The van der Waals surface area contributed by atoms with Gasteiger partial charge in [0.05, 0.1) is 23.7 Å². The molecule has 0 atom stereocenters. The highest BCUT2D eigenvalue weighted by Crippen LogP contribution is 2.20. The second-order valence-corrected chi connectivity index (χ2v) is 2.90. The van der Waals surface area contributed by atoms with Crippen molar-refractivity contribution < 1.29 is 9.50 Å². The fraction of sp³-hybridized carbons (Fsp3) is 0.222. The largest absolute Gasteiger partial charge is 0.392 e. The summed E-state index contributed by atoms with van der Waals surface area (Å²) in [7, 11) is 1.75. The minimum absolute atomic E-state index is 0.281. The summed E-state index contributed by atoms with van der Waals surface area (Å²) in [5.74, 6) is -0.381. The van der Waals surface area contributed by atoms with E-state index < -0.39 is 0 Å². The molecule has 0 amide bonds. The molecule has 0 fully saturated rings. The van der Waals surface area contributed by atoms with Gasteiger partial charge in [0.2, 0.25) is 0 Å². The summed E-state index contributed by atoms with van der Waals surface area (Å²) < 4.78 is 15.1. The van der Waals surface area contributed by atoms with Crippen molar-refractivity contribution in [1.82, 2.24) is 9.78 Å². The van der Waals surface area contributed by atoms with E-state index in [9.17, 15) is 4.39 Å². The van der Waals surface area contributed by atoms with E-state index >= 15 is 0 Å². The third-order valence-electron chi connectivity index (χ3n) is 2.12. The highest BCUT2D eigenvalue weighted by molar-refractivity contribution is 5.80. The van der Waals surface area contributed by atoms with Gasteiger partial charge >= 0.3 is 0 Å². The fourth-order valence-electron chi connectivity index (χ4n) is 1.36. The van der Waals surface area contributed by atoms with Gasteiger partial charge in [0.1, 0.15) is 5.82 Å². The molecule has 0 saturated carbocycles. The van der Waals surface area contributed by atoms with E-state index in [4.69, 9.17) is 5.11 Å². The Labute approximate surface area is 74.4 Å². The molecule has 1 aromatic heterocycles. The van der Waals surface area contributed by atoms with Crippen molar-refractivity contribution in [3.63, 3.8) is 0 Å². The van der Waals surface area contributed by atoms with Crippen LogP contribution in [0.25, 0.3) is 10.9 Å². The summed E-state index contributed by atoms with van der Waals surface area (Å²) in [6, 6.07) is 3.32. The van der Waals surface area contributed by atoms with Crippen LogP contribution in [-0.2, 0) is 13.7 Å². The van der Waals surface area contributed by atoms with Crippen LogP contribution < -0.4 is 0 Å². The van der Waals surface area contributed by atoms with Gasteiger partial charge in [-0.3, -0.25) is 4.68 Å². The Morgan fingerprint density at radius 3 is 3.00 bits per heavy atom. The van der Waals surface area contributed by atoms with Crippen LogP contribution in [0.5, 0.6) is 0 Å². The van der Waals surface area contributed by atoms with E-state index in [0.29, 0.717) is 10.9 Å². The summed E-state index contributed by atoms with van der Waals surface area (Å²) in [6.45, 7) is -0.281. The van der Waals surface area contributed by atoms with Gasteiger partial charge in [0, 0.05) is 12.6 Å². The minimum atomic E-state index is -0.381. The van der Waals surface area contributed by atoms with Gasteiger partial charge in [0.15, 0.2) is 0 Å². The number of aliphatic hydroxyl groups excluding tert-OH is 1. The molecule has 0 aliphatic carbocycles. The lowest BCUT2D eigenvalue weighted by atomic mass is 10.1. The predicted molar refractivity (Wildman–Crippen MR) is 46.6 cm³/mol. The molecule has 0 unspecified atom stereocenters. The number of fused-ring (bicyclic) bond motifs is 1. The predicted octanol–water partition coefficient (Wildman–Crippen LogP) is 1.20. The van der Waals surface area contributed by atoms with E-state index in [-0.39, 0.29) is 12.4 Å². The molecule has 0 bridgehead atoms. The first-order valence-corrected chi connectivity index (χ1v) is 3.94. The van der Waals surface area contributed by atoms with E-state index in [1.165, 1.54) is 6.20 Å². The number of hydrogen-bond acceptors (Lipinski definition) is 2. The lowest BCUT2D eigenvalue weighted by Crippen LogP contribution is -1.92. The molecule has 4 heteroatoms. The van der Waals surface area contributed by atoms with Crippen molar-refractivity contribution in [2.45, 2.75) is 6.61 Å². The molecule has 2 rings (SSSR count). The molecule has 13 heavy (non-hydrogen) atoms. The Kier molecular flexibility index (Phi) is 1.77. The van der Waals surface area contributed by atoms with Gasteiger partial charge in [-0.25, -0.2) is 4.39 Å². The minimum Gasteiger partial charge on any atom is -0.392 e. The first-order valence-electron chi connectivity index (χ1n) is 3.94. The maximum absolute atomic E-state index is 13.5. The number of aryl methyl sites for hydroxylation is 1. The molecule has 1 N–H and O–H groups in total. The highest BCUT2D eigenvalue weighted by atomic mass is 19.1. The summed E-state index contributed by atoms with van der Waals surface area (Å²) in [4.78, 5) is 0. The van der Waals surface area contributed by atoms with Gasteiger partial charge in [0.25, 0.3) is 0 Å². The Morgan fingerprint density at radius 1 is 1.54 bits per heavy atom. The lowest BCUT2D eigenvalue weighted by molar-refractivity contribution is 0.276. The van der Waals surface area contributed by atoms with Crippen LogP contribution in [0.2, 0.25) is 0 Å². The van der Waals surface area contributed by atoms with Crippen LogP contribution in [0.1, 0.15) is 5.56 Å². The second kappa shape index (κ2) is 2.81. The van der Waals surface area contributed by atoms with Crippen molar-refractivity contribution in [1.29, 1.82) is 0 Å². The van der Waals surface area contributed by atoms with E-state index in [1.807, 2.05) is 0 Å². The zero-order chi connectivity index (χ0) is 9.42. The van der Waals surface area contributed by atoms with Crippen LogP contribution in [0, 0.1) is 5.82 Å². The molecule has 0 spiro atoms. The SMILES string of the molecule is Cn1ncc2c(F)c(CO)ccc21. The first-order chi connectivity index (χ1) is 6.24. The molecule has 0 saturated heterocycles. The Bertz CT molecular complexity index is 450. The number of benzene rings is 1. The summed E-state index contributed by atoms with van der Waals surface area (Å²) >= 11 is 0. The molecule has 68 valence electrons. The standard InChI is InChI=1S/C9H9FN2O/c1-12-8-3-2-6(5-13)9(10)7(8)4-11-12/h2-4,13H,5H2,1H3. The number of aliphatic hydroxyl groups is 1. The van der Waals surface area contributed by atoms with Crippen molar-refractivity contribution in [2.75, 3.05) is 0 Å². The maximum atomic E-state index is 13.5. The third-order valence-corrected chi connectivity index (χ3v) is 2.12. The molecule has 3 nitrogen and oxygen atoms in total.